The summed E-state index contributed by atoms with van der Waals surface area (Å²) in [6.07, 6.45) is 0. The molecule has 0 aromatic carbocycles. The van der Waals surface area contributed by atoms with Gasteiger partial charge in [-0.1, -0.05) is 13.8 Å². The van der Waals surface area contributed by atoms with Gasteiger partial charge in [0.15, 0.2) is 0 Å². The number of carbonyl (C=O) groups is 3. The molecule has 3 amide bonds. The van der Waals surface area contributed by atoms with E-state index in [4.69, 9.17) is 5.11 Å². The number of carboxylic acids is 1. The molecule has 0 saturated carbocycles. The normalized spacial score (nSPS) is 13.5. The summed E-state index contributed by atoms with van der Waals surface area (Å²) < 4.78 is 0. The monoisotopic (exact) mass is 287 g/mol. The van der Waals surface area contributed by atoms with Crippen LogP contribution in [-0.2, 0) is 9.59 Å². The quantitative estimate of drug-likeness (QED) is 0.635. The van der Waals surface area contributed by atoms with Crippen LogP contribution in [0.25, 0.3) is 0 Å². The molecule has 0 radical (unpaired) electrons. The highest BCUT2D eigenvalue weighted by molar-refractivity contribution is 5.86. The number of hydrogen-bond donors (Lipinski definition) is 3. The Morgan fingerprint density at radius 2 is 1.75 bits per heavy atom. The first-order chi connectivity index (χ1) is 9.20. The summed E-state index contributed by atoms with van der Waals surface area (Å²) in [5.41, 5.74) is 0. The first-order valence-electron chi connectivity index (χ1n) is 6.72. The maximum atomic E-state index is 11.8. The second-order valence-electron chi connectivity index (χ2n) is 5.12. The van der Waals surface area contributed by atoms with Gasteiger partial charge in [0, 0.05) is 20.1 Å². The highest BCUT2D eigenvalue weighted by Crippen LogP contribution is 2.09. The molecular formula is C13H25N3O4. The Kier molecular flexibility index (Phi) is 7.64. The van der Waals surface area contributed by atoms with Crippen LogP contribution in [0.15, 0.2) is 0 Å². The smallest absolute Gasteiger partial charge is 0.315 e. The zero-order valence-electron chi connectivity index (χ0n) is 12.8. The largest absolute Gasteiger partial charge is 0.481 e. The molecule has 0 fully saturated rings. The maximum Gasteiger partial charge on any atom is 0.315 e. The van der Waals surface area contributed by atoms with Gasteiger partial charge in [0.1, 0.15) is 6.04 Å². The van der Waals surface area contributed by atoms with Crippen molar-refractivity contribution in [3.63, 3.8) is 0 Å². The van der Waals surface area contributed by atoms with Gasteiger partial charge >= 0.3 is 12.0 Å². The lowest BCUT2D eigenvalue weighted by molar-refractivity contribution is -0.143. The number of carboxylic acid groups (broad SMARTS) is 1. The Hall–Kier alpha value is -1.79. The number of nitrogens with one attached hydrogen (secondary N) is 2. The summed E-state index contributed by atoms with van der Waals surface area (Å²) in [6, 6.07) is -1.19. The lowest BCUT2D eigenvalue weighted by atomic mass is 9.96. The molecule has 0 spiro atoms. The molecule has 0 aliphatic carbocycles. The molecule has 116 valence electrons. The number of amides is 3. The molecule has 2 atom stereocenters. The van der Waals surface area contributed by atoms with Crippen LogP contribution in [0.3, 0.4) is 0 Å². The van der Waals surface area contributed by atoms with Crippen molar-refractivity contribution >= 4 is 17.9 Å². The van der Waals surface area contributed by atoms with E-state index in [9.17, 15) is 14.4 Å². The number of likely N-dealkylation sites (N-methyl/N-ethyl adjacent to an activating group) is 1. The van der Waals surface area contributed by atoms with Crippen molar-refractivity contribution in [1.29, 1.82) is 0 Å². The Balaban J connectivity index is 4.30. The van der Waals surface area contributed by atoms with Crippen molar-refractivity contribution < 1.29 is 19.5 Å². The van der Waals surface area contributed by atoms with E-state index >= 15 is 0 Å². The van der Waals surface area contributed by atoms with Crippen molar-refractivity contribution in [2.75, 3.05) is 20.1 Å². The van der Waals surface area contributed by atoms with Crippen LogP contribution in [-0.4, -0.2) is 54.1 Å². The summed E-state index contributed by atoms with van der Waals surface area (Å²) in [5, 5.41) is 14.0. The zero-order valence-corrected chi connectivity index (χ0v) is 12.8. The van der Waals surface area contributed by atoms with Crippen LogP contribution >= 0.6 is 0 Å². The first-order valence-corrected chi connectivity index (χ1v) is 6.72. The predicted octanol–water partition coefficient (Wildman–Crippen LogP) is 0.509. The highest BCUT2D eigenvalue weighted by atomic mass is 16.4. The lowest BCUT2D eigenvalue weighted by Crippen LogP contribution is -2.50. The molecule has 3 N–H and O–H groups in total. The van der Waals surface area contributed by atoms with E-state index in [-0.39, 0.29) is 18.4 Å². The second kappa shape index (κ2) is 8.39. The molecule has 0 bridgehead atoms. The Bertz CT molecular complexity index is 358. The number of rotatable bonds is 7. The van der Waals surface area contributed by atoms with Crippen LogP contribution in [0.2, 0.25) is 0 Å². The first kappa shape index (κ1) is 18.2. The summed E-state index contributed by atoms with van der Waals surface area (Å²) in [7, 11) is 1.65. The highest BCUT2D eigenvalue weighted by Gasteiger charge is 2.23. The van der Waals surface area contributed by atoms with Crippen molar-refractivity contribution in [3.05, 3.63) is 0 Å². The molecule has 0 aromatic heterocycles. The van der Waals surface area contributed by atoms with E-state index in [0.29, 0.717) is 6.54 Å². The maximum absolute atomic E-state index is 11.8. The number of hydrogen-bond acceptors (Lipinski definition) is 3. The topological polar surface area (TPSA) is 98.7 Å². The molecule has 2 unspecified atom stereocenters. The fourth-order valence-corrected chi connectivity index (χ4v) is 1.61. The van der Waals surface area contributed by atoms with Gasteiger partial charge in [-0.05, 0) is 19.8 Å². The molecular weight excluding hydrogens is 262 g/mol. The number of nitrogens with zero attached hydrogens (tertiary/aromatic N) is 1. The Morgan fingerprint density at radius 1 is 1.20 bits per heavy atom. The van der Waals surface area contributed by atoms with Crippen LogP contribution < -0.4 is 10.6 Å². The molecule has 7 nitrogen and oxygen atoms in total. The van der Waals surface area contributed by atoms with Crippen LogP contribution in [0.4, 0.5) is 4.79 Å². The van der Waals surface area contributed by atoms with Gasteiger partial charge in [-0.3, -0.25) is 9.59 Å². The summed E-state index contributed by atoms with van der Waals surface area (Å²) >= 11 is 0. The minimum absolute atomic E-state index is 0.0311. The summed E-state index contributed by atoms with van der Waals surface area (Å²) in [6.45, 7) is 7.57. The lowest BCUT2D eigenvalue weighted by Gasteiger charge is -2.21. The summed E-state index contributed by atoms with van der Waals surface area (Å²) in [4.78, 5) is 35.9. The minimum atomic E-state index is -0.949. The molecule has 7 heteroatoms. The molecule has 0 rings (SSSR count). The fraction of sp³-hybridized carbons (Fsp3) is 0.769. The average molecular weight is 287 g/mol. The van der Waals surface area contributed by atoms with Crippen molar-refractivity contribution in [2.45, 2.75) is 33.7 Å². The second-order valence-corrected chi connectivity index (χ2v) is 5.12. The summed E-state index contributed by atoms with van der Waals surface area (Å²) in [5.74, 6) is -1.88. The number of aliphatic carboxylic acids is 1. The predicted molar refractivity (Wildman–Crippen MR) is 75.3 cm³/mol. The van der Waals surface area contributed by atoms with Gasteiger partial charge in [-0.25, -0.2) is 4.79 Å². The number of carbonyl (C=O) groups excluding carboxylic acids is 2. The molecule has 0 aliphatic heterocycles. The van der Waals surface area contributed by atoms with E-state index in [1.807, 2.05) is 6.92 Å². The zero-order chi connectivity index (χ0) is 15.9. The third-order valence-electron chi connectivity index (χ3n) is 3.17. The molecule has 20 heavy (non-hydrogen) atoms. The van der Waals surface area contributed by atoms with Gasteiger partial charge in [0.05, 0.1) is 5.92 Å². The van der Waals surface area contributed by atoms with Crippen molar-refractivity contribution in [3.8, 4) is 0 Å². The fourth-order valence-electron chi connectivity index (χ4n) is 1.61. The van der Waals surface area contributed by atoms with Gasteiger partial charge < -0.3 is 20.6 Å². The molecule has 0 aliphatic rings. The van der Waals surface area contributed by atoms with E-state index in [0.717, 1.165) is 0 Å². The molecule has 0 heterocycles. The Labute approximate surface area is 119 Å². The van der Waals surface area contributed by atoms with Crippen molar-refractivity contribution in [1.82, 2.24) is 15.5 Å². The van der Waals surface area contributed by atoms with Crippen molar-refractivity contribution in [2.24, 2.45) is 11.8 Å². The standard InChI is InChI=1S/C13H25N3O4/c1-6-16(5)11(17)9(4)15-13(20)14-7-10(8(2)3)12(18)19/h8-10H,6-7H2,1-5H3,(H,18,19)(H2,14,15,20). The molecule has 0 saturated heterocycles. The SMILES string of the molecule is CCN(C)C(=O)C(C)NC(=O)NCC(C(=O)O)C(C)C. The van der Waals surface area contributed by atoms with Gasteiger partial charge in [-0.2, -0.15) is 0 Å². The van der Waals surface area contributed by atoms with E-state index < -0.39 is 24.0 Å². The van der Waals surface area contributed by atoms with Gasteiger partial charge in [-0.15, -0.1) is 0 Å². The van der Waals surface area contributed by atoms with Gasteiger partial charge in [0.2, 0.25) is 5.91 Å². The van der Waals surface area contributed by atoms with E-state index in [1.165, 1.54) is 4.90 Å². The number of urea groups is 1. The van der Waals surface area contributed by atoms with Crippen LogP contribution in [0.1, 0.15) is 27.7 Å². The van der Waals surface area contributed by atoms with Crippen LogP contribution in [0, 0.1) is 11.8 Å². The minimum Gasteiger partial charge on any atom is -0.481 e. The average Bonchev–Trinajstić information content (AvgIpc) is 2.35. The Morgan fingerprint density at radius 3 is 2.15 bits per heavy atom. The third-order valence-corrected chi connectivity index (χ3v) is 3.17. The molecule has 0 aromatic rings. The third kappa shape index (κ3) is 5.90. The van der Waals surface area contributed by atoms with Crippen LogP contribution in [0.5, 0.6) is 0 Å². The van der Waals surface area contributed by atoms with E-state index in [1.54, 1.807) is 27.8 Å². The van der Waals surface area contributed by atoms with Gasteiger partial charge in [0.25, 0.3) is 0 Å². The van der Waals surface area contributed by atoms with E-state index in [2.05, 4.69) is 10.6 Å².